The molecule has 1 rings (SSSR count). The van der Waals surface area contributed by atoms with Crippen LogP contribution in [0.3, 0.4) is 0 Å². The lowest BCUT2D eigenvalue weighted by molar-refractivity contribution is -0.120. The molecule has 98 valence electrons. The fourth-order valence-electron chi connectivity index (χ4n) is 1.65. The molecule has 2 N–H and O–H groups in total. The molecule has 0 radical (unpaired) electrons. The highest BCUT2D eigenvalue weighted by Crippen LogP contribution is 2.24. The summed E-state index contributed by atoms with van der Waals surface area (Å²) in [4.78, 5) is 22.7. The van der Waals surface area contributed by atoms with Gasteiger partial charge in [0.15, 0.2) is 0 Å². The van der Waals surface area contributed by atoms with Gasteiger partial charge in [-0.1, -0.05) is 25.4 Å². The van der Waals surface area contributed by atoms with E-state index in [1.807, 2.05) is 13.8 Å². The van der Waals surface area contributed by atoms with Gasteiger partial charge in [-0.3, -0.25) is 4.79 Å². The van der Waals surface area contributed by atoms with Crippen LogP contribution < -0.4 is 5.32 Å². The van der Waals surface area contributed by atoms with Crippen LogP contribution in [0, 0.1) is 5.92 Å². The normalized spacial score (nSPS) is 10.4. The van der Waals surface area contributed by atoms with Crippen LogP contribution in [0.1, 0.15) is 37.0 Å². The predicted molar refractivity (Wildman–Crippen MR) is 71.1 cm³/mol. The minimum Gasteiger partial charge on any atom is -0.478 e. The SMILES string of the molecule is CCC(CC)C(=O)Nc1cc(C(=O)O)ccc1Cl. The quantitative estimate of drug-likeness (QED) is 0.861. The third-order valence-corrected chi connectivity index (χ3v) is 3.16. The minimum atomic E-state index is -1.05. The molecule has 1 aromatic rings. The van der Waals surface area contributed by atoms with Gasteiger partial charge >= 0.3 is 5.97 Å². The highest BCUT2D eigenvalue weighted by atomic mass is 35.5. The molecule has 1 amide bonds. The molecule has 18 heavy (non-hydrogen) atoms. The van der Waals surface area contributed by atoms with Crippen LogP contribution in [-0.4, -0.2) is 17.0 Å². The fourth-order valence-corrected chi connectivity index (χ4v) is 1.81. The van der Waals surface area contributed by atoms with Crippen molar-refractivity contribution >= 4 is 29.2 Å². The lowest BCUT2D eigenvalue weighted by atomic mass is 10.0. The van der Waals surface area contributed by atoms with Crippen molar-refractivity contribution < 1.29 is 14.7 Å². The van der Waals surface area contributed by atoms with Crippen LogP contribution in [0.4, 0.5) is 5.69 Å². The molecule has 4 nitrogen and oxygen atoms in total. The Morgan fingerprint density at radius 2 is 1.94 bits per heavy atom. The van der Waals surface area contributed by atoms with Gasteiger partial charge in [0.25, 0.3) is 0 Å². The number of halogens is 1. The van der Waals surface area contributed by atoms with Crippen LogP contribution in [0.15, 0.2) is 18.2 Å². The molecule has 1 aromatic carbocycles. The number of carboxylic acids is 1. The molecule has 0 aliphatic carbocycles. The Morgan fingerprint density at radius 1 is 1.33 bits per heavy atom. The van der Waals surface area contributed by atoms with Crippen LogP contribution in [0.5, 0.6) is 0 Å². The maximum absolute atomic E-state index is 11.9. The van der Waals surface area contributed by atoms with Crippen LogP contribution in [0.2, 0.25) is 5.02 Å². The second-order valence-corrected chi connectivity index (χ2v) is 4.41. The third-order valence-electron chi connectivity index (χ3n) is 2.83. The first-order valence-electron chi connectivity index (χ1n) is 5.83. The molecule has 0 saturated carbocycles. The van der Waals surface area contributed by atoms with Crippen molar-refractivity contribution in [1.29, 1.82) is 0 Å². The Labute approximate surface area is 111 Å². The predicted octanol–water partition coefficient (Wildman–Crippen LogP) is 3.41. The Bertz CT molecular complexity index is 456. The van der Waals surface area contributed by atoms with E-state index in [0.717, 1.165) is 12.8 Å². The summed E-state index contributed by atoms with van der Waals surface area (Å²) in [6.45, 7) is 3.87. The van der Waals surface area contributed by atoms with E-state index in [-0.39, 0.29) is 17.4 Å². The van der Waals surface area contributed by atoms with E-state index in [2.05, 4.69) is 5.32 Å². The maximum Gasteiger partial charge on any atom is 0.335 e. The zero-order valence-corrected chi connectivity index (χ0v) is 11.1. The summed E-state index contributed by atoms with van der Waals surface area (Å²) in [5.74, 6) is -1.27. The second kappa shape index (κ2) is 6.40. The van der Waals surface area contributed by atoms with Crippen molar-refractivity contribution in [3.63, 3.8) is 0 Å². The third kappa shape index (κ3) is 3.47. The Balaban J connectivity index is 2.93. The molecular formula is C13H16ClNO3. The maximum atomic E-state index is 11.9. The summed E-state index contributed by atoms with van der Waals surface area (Å²) >= 11 is 5.93. The monoisotopic (exact) mass is 269 g/mol. The molecule has 0 spiro atoms. The topological polar surface area (TPSA) is 66.4 Å². The highest BCUT2D eigenvalue weighted by molar-refractivity contribution is 6.33. The van der Waals surface area contributed by atoms with Gasteiger partial charge < -0.3 is 10.4 Å². The second-order valence-electron chi connectivity index (χ2n) is 4.00. The van der Waals surface area contributed by atoms with E-state index in [1.165, 1.54) is 18.2 Å². The van der Waals surface area contributed by atoms with Crippen molar-refractivity contribution in [3.05, 3.63) is 28.8 Å². The number of anilines is 1. The highest BCUT2D eigenvalue weighted by Gasteiger charge is 2.16. The van der Waals surface area contributed by atoms with E-state index in [9.17, 15) is 9.59 Å². The standard InChI is InChI=1S/C13H16ClNO3/c1-3-8(4-2)12(16)15-11-7-9(13(17)18)5-6-10(11)14/h5-8H,3-4H2,1-2H3,(H,15,16)(H,17,18). The van der Waals surface area contributed by atoms with Gasteiger partial charge in [0, 0.05) is 5.92 Å². The number of nitrogens with one attached hydrogen (secondary N) is 1. The van der Waals surface area contributed by atoms with Crippen molar-refractivity contribution in [1.82, 2.24) is 0 Å². The number of benzene rings is 1. The van der Waals surface area contributed by atoms with Gasteiger partial charge in [-0.25, -0.2) is 4.79 Å². The molecule has 0 saturated heterocycles. The molecular weight excluding hydrogens is 254 g/mol. The molecule has 0 bridgehead atoms. The number of amides is 1. The molecule has 0 aliphatic rings. The van der Waals surface area contributed by atoms with Crippen molar-refractivity contribution in [2.75, 3.05) is 5.32 Å². The van der Waals surface area contributed by atoms with E-state index in [1.54, 1.807) is 0 Å². The summed E-state index contributed by atoms with van der Waals surface area (Å²) < 4.78 is 0. The molecule has 5 heteroatoms. The average Bonchev–Trinajstić information content (AvgIpc) is 2.33. The zero-order valence-electron chi connectivity index (χ0n) is 10.4. The van der Waals surface area contributed by atoms with Crippen molar-refractivity contribution in [3.8, 4) is 0 Å². The number of hydrogen-bond donors (Lipinski definition) is 2. The Hall–Kier alpha value is -1.55. The summed E-state index contributed by atoms with van der Waals surface area (Å²) in [6.07, 6.45) is 1.47. The van der Waals surface area contributed by atoms with Gasteiger partial charge in [0.1, 0.15) is 0 Å². The van der Waals surface area contributed by atoms with Crippen molar-refractivity contribution in [2.24, 2.45) is 5.92 Å². The molecule has 0 aromatic heterocycles. The van der Waals surface area contributed by atoms with E-state index in [4.69, 9.17) is 16.7 Å². The fraction of sp³-hybridized carbons (Fsp3) is 0.385. The Kier molecular flexibility index (Phi) is 5.16. The van der Waals surface area contributed by atoms with Crippen LogP contribution >= 0.6 is 11.6 Å². The number of hydrogen-bond acceptors (Lipinski definition) is 2. The van der Waals surface area contributed by atoms with E-state index < -0.39 is 5.97 Å². The first kappa shape index (κ1) is 14.5. The average molecular weight is 270 g/mol. The molecule has 0 aliphatic heterocycles. The number of rotatable bonds is 5. The number of carbonyl (C=O) groups is 2. The number of carbonyl (C=O) groups excluding carboxylic acids is 1. The first-order chi connectivity index (χ1) is 8.49. The summed E-state index contributed by atoms with van der Waals surface area (Å²) in [7, 11) is 0. The number of carboxylic acid groups (broad SMARTS) is 1. The van der Waals surface area contributed by atoms with Crippen LogP contribution in [-0.2, 0) is 4.79 Å². The summed E-state index contributed by atoms with van der Waals surface area (Å²) in [5, 5.41) is 11.9. The largest absolute Gasteiger partial charge is 0.478 e. The minimum absolute atomic E-state index is 0.0884. The van der Waals surface area contributed by atoms with Gasteiger partial charge in [0.2, 0.25) is 5.91 Å². The zero-order chi connectivity index (χ0) is 13.7. The molecule has 0 atom stereocenters. The van der Waals surface area contributed by atoms with Gasteiger partial charge in [-0.15, -0.1) is 0 Å². The van der Waals surface area contributed by atoms with Gasteiger partial charge in [-0.2, -0.15) is 0 Å². The molecule has 0 fully saturated rings. The van der Waals surface area contributed by atoms with E-state index in [0.29, 0.717) is 10.7 Å². The lowest BCUT2D eigenvalue weighted by Crippen LogP contribution is -2.22. The lowest BCUT2D eigenvalue weighted by Gasteiger charge is -2.14. The summed E-state index contributed by atoms with van der Waals surface area (Å²) in [6, 6.07) is 4.23. The smallest absolute Gasteiger partial charge is 0.335 e. The van der Waals surface area contributed by atoms with Gasteiger partial charge in [0.05, 0.1) is 16.3 Å². The molecule has 0 unspecified atom stereocenters. The Morgan fingerprint density at radius 3 is 2.44 bits per heavy atom. The van der Waals surface area contributed by atoms with Crippen LogP contribution in [0.25, 0.3) is 0 Å². The van der Waals surface area contributed by atoms with Crippen molar-refractivity contribution in [2.45, 2.75) is 26.7 Å². The number of aromatic carboxylic acids is 1. The first-order valence-corrected chi connectivity index (χ1v) is 6.21. The van der Waals surface area contributed by atoms with E-state index >= 15 is 0 Å². The molecule has 0 heterocycles. The summed E-state index contributed by atoms with van der Waals surface area (Å²) in [5.41, 5.74) is 0.438. The van der Waals surface area contributed by atoms with Gasteiger partial charge in [-0.05, 0) is 31.0 Å².